The van der Waals surface area contributed by atoms with Crippen molar-refractivity contribution < 1.29 is 14.2 Å². The van der Waals surface area contributed by atoms with E-state index in [1.54, 1.807) is 21.3 Å². The Kier molecular flexibility index (Phi) is 11.4. The number of ether oxygens (including phenoxy) is 3. The van der Waals surface area contributed by atoms with Gasteiger partial charge in [0.1, 0.15) is 0 Å². The van der Waals surface area contributed by atoms with E-state index < -0.39 is 0 Å². The minimum atomic E-state index is 0. The van der Waals surface area contributed by atoms with Crippen molar-refractivity contribution in [1.29, 1.82) is 0 Å². The normalized spacial score (nSPS) is 11.9. The smallest absolute Gasteiger partial charge is 0.195 e. The van der Waals surface area contributed by atoms with Crippen LogP contribution in [-0.4, -0.2) is 40.4 Å². The van der Waals surface area contributed by atoms with E-state index >= 15 is 0 Å². The van der Waals surface area contributed by atoms with Crippen molar-refractivity contribution in [3.05, 3.63) is 54.1 Å². The SMILES string of the molecule is CN=C(NCCCOC(C)c1ccccc1)Nc1ccc(OC)c(OC)c1.I. The number of methoxy groups -OCH3 is 2. The molecule has 2 aromatic rings. The highest BCUT2D eigenvalue weighted by Crippen LogP contribution is 2.29. The zero-order valence-corrected chi connectivity index (χ0v) is 19.2. The van der Waals surface area contributed by atoms with Crippen molar-refractivity contribution in [3.8, 4) is 11.5 Å². The third-order valence-electron chi connectivity index (χ3n) is 4.12. The van der Waals surface area contributed by atoms with Gasteiger partial charge in [0.2, 0.25) is 0 Å². The van der Waals surface area contributed by atoms with Crippen LogP contribution in [0, 0.1) is 0 Å². The Labute approximate surface area is 184 Å². The highest BCUT2D eigenvalue weighted by Gasteiger charge is 2.07. The summed E-state index contributed by atoms with van der Waals surface area (Å²) < 4.78 is 16.5. The molecule has 0 spiro atoms. The summed E-state index contributed by atoms with van der Waals surface area (Å²) in [6.07, 6.45) is 0.972. The van der Waals surface area contributed by atoms with Gasteiger partial charge in [0.05, 0.1) is 20.3 Å². The number of guanidine groups is 1. The second kappa shape index (κ2) is 13.2. The quantitative estimate of drug-likeness (QED) is 0.231. The molecule has 28 heavy (non-hydrogen) atoms. The molecule has 0 aliphatic heterocycles. The Hall–Kier alpha value is -2.00. The molecule has 7 heteroatoms. The molecule has 1 unspecified atom stereocenters. The molecule has 2 aromatic carbocycles. The van der Waals surface area contributed by atoms with Gasteiger partial charge in [0.25, 0.3) is 0 Å². The van der Waals surface area contributed by atoms with Gasteiger partial charge in [-0.25, -0.2) is 0 Å². The van der Waals surface area contributed by atoms with Gasteiger partial charge in [-0.1, -0.05) is 30.3 Å². The summed E-state index contributed by atoms with van der Waals surface area (Å²) in [6.45, 7) is 3.51. The third-order valence-corrected chi connectivity index (χ3v) is 4.12. The number of anilines is 1. The first-order valence-electron chi connectivity index (χ1n) is 9.04. The molecule has 0 saturated carbocycles. The van der Waals surface area contributed by atoms with E-state index in [0.717, 1.165) is 18.7 Å². The van der Waals surface area contributed by atoms with E-state index in [0.29, 0.717) is 24.1 Å². The van der Waals surface area contributed by atoms with E-state index in [1.807, 2.05) is 36.4 Å². The second-order valence-electron chi connectivity index (χ2n) is 5.97. The van der Waals surface area contributed by atoms with Crippen LogP contribution in [0.3, 0.4) is 0 Å². The van der Waals surface area contributed by atoms with E-state index in [4.69, 9.17) is 14.2 Å². The van der Waals surface area contributed by atoms with Gasteiger partial charge >= 0.3 is 0 Å². The maximum absolute atomic E-state index is 5.89. The first kappa shape index (κ1) is 24.0. The van der Waals surface area contributed by atoms with E-state index in [-0.39, 0.29) is 30.1 Å². The first-order chi connectivity index (χ1) is 13.2. The van der Waals surface area contributed by atoms with Crippen LogP contribution in [0.2, 0.25) is 0 Å². The van der Waals surface area contributed by atoms with Crippen LogP contribution in [0.25, 0.3) is 0 Å². The van der Waals surface area contributed by atoms with Crippen molar-refractivity contribution in [2.75, 3.05) is 39.7 Å². The van der Waals surface area contributed by atoms with Crippen molar-refractivity contribution >= 4 is 35.6 Å². The zero-order chi connectivity index (χ0) is 19.5. The molecule has 0 radical (unpaired) electrons. The second-order valence-corrected chi connectivity index (χ2v) is 5.97. The Bertz CT molecular complexity index is 726. The molecule has 154 valence electrons. The summed E-state index contributed by atoms with van der Waals surface area (Å²) in [7, 11) is 4.97. The Morgan fingerprint density at radius 3 is 2.39 bits per heavy atom. The lowest BCUT2D eigenvalue weighted by atomic mass is 10.1. The number of nitrogens with one attached hydrogen (secondary N) is 2. The monoisotopic (exact) mass is 499 g/mol. The van der Waals surface area contributed by atoms with Gasteiger partial charge in [0, 0.05) is 32.0 Å². The average Bonchev–Trinajstić information content (AvgIpc) is 2.72. The van der Waals surface area contributed by atoms with Crippen LogP contribution in [0.15, 0.2) is 53.5 Å². The molecule has 0 aliphatic rings. The van der Waals surface area contributed by atoms with Crippen LogP contribution in [0.1, 0.15) is 25.0 Å². The summed E-state index contributed by atoms with van der Waals surface area (Å²) in [4.78, 5) is 4.24. The molecule has 6 nitrogen and oxygen atoms in total. The number of hydrogen-bond acceptors (Lipinski definition) is 4. The molecule has 2 rings (SSSR count). The summed E-state index contributed by atoms with van der Waals surface area (Å²) in [6, 6.07) is 15.9. The average molecular weight is 499 g/mol. The van der Waals surface area contributed by atoms with Crippen molar-refractivity contribution in [2.45, 2.75) is 19.4 Å². The maximum Gasteiger partial charge on any atom is 0.195 e. The summed E-state index contributed by atoms with van der Waals surface area (Å²) in [5.41, 5.74) is 2.06. The van der Waals surface area contributed by atoms with E-state index in [9.17, 15) is 0 Å². The summed E-state index contributed by atoms with van der Waals surface area (Å²) in [5, 5.41) is 6.53. The Morgan fingerprint density at radius 2 is 1.75 bits per heavy atom. The molecule has 0 aromatic heterocycles. The highest BCUT2D eigenvalue weighted by molar-refractivity contribution is 14.0. The maximum atomic E-state index is 5.89. The van der Waals surface area contributed by atoms with Crippen LogP contribution in [0.4, 0.5) is 5.69 Å². The minimum absolute atomic E-state index is 0. The van der Waals surface area contributed by atoms with Crippen molar-refractivity contribution in [2.24, 2.45) is 4.99 Å². The van der Waals surface area contributed by atoms with Crippen LogP contribution >= 0.6 is 24.0 Å². The topological polar surface area (TPSA) is 64.1 Å². The number of hydrogen-bond donors (Lipinski definition) is 2. The molecule has 1 atom stereocenters. The van der Waals surface area contributed by atoms with E-state index in [2.05, 4.69) is 34.7 Å². The first-order valence-corrected chi connectivity index (χ1v) is 9.04. The van der Waals surface area contributed by atoms with Crippen LogP contribution in [-0.2, 0) is 4.74 Å². The molecular formula is C21H30IN3O3. The van der Waals surface area contributed by atoms with E-state index in [1.165, 1.54) is 5.56 Å². The molecule has 0 saturated heterocycles. The van der Waals surface area contributed by atoms with Gasteiger partial charge in [-0.2, -0.15) is 0 Å². The third kappa shape index (κ3) is 7.55. The van der Waals surface area contributed by atoms with Gasteiger partial charge in [-0.05, 0) is 31.0 Å². The highest BCUT2D eigenvalue weighted by atomic mass is 127. The number of aliphatic imine (C=N–C) groups is 1. The molecular weight excluding hydrogens is 469 g/mol. The van der Waals surface area contributed by atoms with Gasteiger partial charge in [-0.3, -0.25) is 4.99 Å². The van der Waals surface area contributed by atoms with Crippen molar-refractivity contribution in [1.82, 2.24) is 5.32 Å². The predicted molar refractivity (Wildman–Crippen MR) is 125 cm³/mol. The number of benzene rings is 2. The summed E-state index contributed by atoms with van der Waals surface area (Å²) >= 11 is 0. The Morgan fingerprint density at radius 1 is 1.04 bits per heavy atom. The van der Waals surface area contributed by atoms with Gasteiger partial charge < -0.3 is 24.8 Å². The molecule has 0 bridgehead atoms. The lowest BCUT2D eigenvalue weighted by Gasteiger charge is -2.15. The number of nitrogens with zero attached hydrogens (tertiary/aromatic N) is 1. The van der Waals surface area contributed by atoms with Gasteiger partial charge in [-0.15, -0.1) is 24.0 Å². The fraction of sp³-hybridized carbons (Fsp3) is 0.381. The largest absolute Gasteiger partial charge is 0.493 e. The standard InChI is InChI=1S/C21H29N3O3.HI/c1-16(17-9-6-5-7-10-17)27-14-8-13-23-21(22-2)24-18-11-12-19(25-3)20(15-18)26-4;/h5-7,9-12,15-16H,8,13-14H2,1-4H3,(H2,22,23,24);1H. The van der Waals surface area contributed by atoms with Gasteiger partial charge in [0.15, 0.2) is 17.5 Å². The molecule has 0 fully saturated rings. The molecule has 0 aliphatic carbocycles. The lowest BCUT2D eigenvalue weighted by molar-refractivity contribution is 0.0646. The fourth-order valence-corrected chi connectivity index (χ4v) is 2.59. The fourth-order valence-electron chi connectivity index (χ4n) is 2.59. The Balaban J connectivity index is 0.00000392. The number of halogens is 1. The van der Waals surface area contributed by atoms with Crippen molar-refractivity contribution in [3.63, 3.8) is 0 Å². The molecule has 0 heterocycles. The zero-order valence-electron chi connectivity index (χ0n) is 16.9. The lowest BCUT2D eigenvalue weighted by Crippen LogP contribution is -2.32. The minimum Gasteiger partial charge on any atom is -0.493 e. The molecule has 2 N–H and O–H groups in total. The number of rotatable bonds is 9. The molecule has 0 amide bonds. The van der Waals surface area contributed by atoms with Crippen LogP contribution in [0.5, 0.6) is 11.5 Å². The predicted octanol–water partition coefficient (Wildman–Crippen LogP) is 4.48. The summed E-state index contributed by atoms with van der Waals surface area (Å²) in [5.74, 6) is 2.05. The van der Waals surface area contributed by atoms with Crippen LogP contribution < -0.4 is 20.1 Å².